The number of nitrogens with zero attached hydrogens (tertiary/aromatic N) is 3. The number of imide groups is 1. The summed E-state index contributed by atoms with van der Waals surface area (Å²) in [4.78, 5) is 52.9. The Hall–Kier alpha value is -4.56. The van der Waals surface area contributed by atoms with E-state index in [1.54, 1.807) is 45.5 Å². The molecule has 0 spiro atoms. The van der Waals surface area contributed by atoms with Crippen LogP contribution in [-0.4, -0.2) is 71.5 Å². The number of pyridine rings is 1. The molecular weight excluding hydrogens is 695 g/mol. The summed E-state index contributed by atoms with van der Waals surface area (Å²) in [5.41, 5.74) is 1.94. The van der Waals surface area contributed by atoms with E-state index >= 15 is 0 Å². The fraction of sp³-hybridized carbons (Fsp3) is 0.389. The van der Waals surface area contributed by atoms with Crippen LogP contribution in [0.4, 0.5) is 11.5 Å². The van der Waals surface area contributed by atoms with Crippen LogP contribution >= 0.6 is 24.0 Å². The number of carbonyl (C=O) groups is 3. The van der Waals surface area contributed by atoms with Crippen molar-refractivity contribution in [3.05, 3.63) is 77.3 Å². The van der Waals surface area contributed by atoms with Crippen LogP contribution in [0.5, 0.6) is 11.5 Å². The summed E-state index contributed by atoms with van der Waals surface area (Å²) in [6.45, 7) is 6.41. The van der Waals surface area contributed by atoms with E-state index in [9.17, 15) is 14.4 Å². The van der Waals surface area contributed by atoms with Crippen LogP contribution in [0.3, 0.4) is 0 Å². The van der Waals surface area contributed by atoms with Crippen molar-refractivity contribution >= 4 is 64.1 Å². The zero-order chi connectivity index (χ0) is 35.8. The Labute approximate surface area is 308 Å². The number of aromatic nitrogens is 3. The van der Waals surface area contributed by atoms with Gasteiger partial charge in [-0.05, 0) is 87.2 Å². The first-order valence-electron chi connectivity index (χ1n) is 16.5. The number of fused-ring (bicyclic) bond motifs is 1. The molecule has 0 aliphatic carbocycles. The van der Waals surface area contributed by atoms with Gasteiger partial charge in [-0.25, -0.2) is 9.97 Å². The molecular formula is C36H44Cl2N8O5. The third kappa shape index (κ3) is 9.82. The second-order valence-electron chi connectivity index (χ2n) is 12.9. The van der Waals surface area contributed by atoms with Crippen molar-refractivity contribution < 1.29 is 23.9 Å². The van der Waals surface area contributed by atoms with Crippen LogP contribution in [0.2, 0.25) is 5.02 Å². The lowest BCUT2D eigenvalue weighted by Crippen LogP contribution is -2.59. The quantitative estimate of drug-likeness (QED) is 0.124. The summed E-state index contributed by atoms with van der Waals surface area (Å²) < 4.78 is 11.6. The van der Waals surface area contributed by atoms with E-state index in [1.807, 2.05) is 44.2 Å². The van der Waals surface area contributed by atoms with E-state index in [4.69, 9.17) is 21.1 Å². The Balaban J connectivity index is 0.00000583. The molecule has 0 bridgehead atoms. The van der Waals surface area contributed by atoms with Gasteiger partial charge < -0.3 is 30.7 Å². The molecule has 5 N–H and O–H groups in total. The monoisotopic (exact) mass is 738 g/mol. The molecule has 15 heteroatoms. The molecule has 3 heterocycles. The standard InChI is InChI=1S/C36H43ClN8O5.ClH/c1-21(38-4)33(46)44-31(35(48)45-34(47)27-10-8-14-40-27)36(2,3)18-22-15-25-28(17-30(22)49-5)41-20-42-32(25)43-23-11-12-29(26(37)16-23)50-19-24-9-6-7-13-39-24;/h6-7,9,11-13,15-17,20-21,27,31,38,40H,8,10,14,18-19H2,1-5H3,(H,44,46)(H,41,42,43)(H,45,47,48);1H/t21-,27-,31+;/m0./s1. The number of amides is 3. The SMILES string of the molecule is CN[C@@H](C)C(=O)N[C@H](C(=O)NC(=O)[C@@H]1CCCN1)C(C)(C)Cc1cc2c(Nc3ccc(OCc4ccccn4)c(Cl)c3)ncnc2cc1OC.Cl. The second-order valence-corrected chi connectivity index (χ2v) is 13.3. The van der Waals surface area contributed by atoms with Crippen molar-refractivity contribution in [3.63, 3.8) is 0 Å². The maximum absolute atomic E-state index is 13.7. The smallest absolute Gasteiger partial charge is 0.249 e. The third-order valence-electron chi connectivity index (χ3n) is 8.76. The fourth-order valence-electron chi connectivity index (χ4n) is 5.82. The number of hydrogen-bond acceptors (Lipinski definition) is 11. The molecule has 4 aromatic rings. The minimum absolute atomic E-state index is 0. The van der Waals surface area contributed by atoms with Gasteiger partial charge in [0.15, 0.2) is 0 Å². The molecule has 1 saturated heterocycles. The zero-order valence-corrected chi connectivity index (χ0v) is 30.8. The molecule has 272 valence electrons. The van der Waals surface area contributed by atoms with E-state index in [0.29, 0.717) is 51.9 Å². The van der Waals surface area contributed by atoms with E-state index < -0.39 is 35.4 Å². The van der Waals surface area contributed by atoms with Gasteiger partial charge in [0.1, 0.15) is 36.3 Å². The summed E-state index contributed by atoms with van der Waals surface area (Å²) in [5.74, 6) is 0.224. The van der Waals surface area contributed by atoms with Crippen LogP contribution in [0.25, 0.3) is 10.9 Å². The average molecular weight is 740 g/mol. The van der Waals surface area contributed by atoms with Gasteiger partial charge in [-0.15, -0.1) is 12.4 Å². The van der Waals surface area contributed by atoms with Crippen LogP contribution in [0.1, 0.15) is 44.9 Å². The van der Waals surface area contributed by atoms with Crippen LogP contribution in [-0.2, 0) is 27.4 Å². The molecule has 3 amide bonds. The van der Waals surface area contributed by atoms with E-state index in [1.165, 1.54) is 6.33 Å². The third-order valence-corrected chi connectivity index (χ3v) is 9.06. The highest BCUT2D eigenvalue weighted by Gasteiger charge is 2.39. The number of halogens is 2. The van der Waals surface area contributed by atoms with E-state index in [2.05, 4.69) is 41.5 Å². The molecule has 51 heavy (non-hydrogen) atoms. The number of ether oxygens (including phenoxy) is 2. The lowest BCUT2D eigenvalue weighted by molar-refractivity contribution is -0.137. The number of rotatable bonds is 14. The van der Waals surface area contributed by atoms with Crippen LogP contribution in [0, 0.1) is 5.41 Å². The number of benzene rings is 2. The van der Waals surface area contributed by atoms with E-state index in [-0.39, 0.29) is 31.3 Å². The van der Waals surface area contributed by atoms with Gasteiger partial charge in [-0.2, -0.15) is 0 Å². The number of anilines is 2. The van der Waals surface area contributed by atoms with Crippen LogP contribution < -0.4 is 36.1 Å². The molecule has 3 atom stereocenters. The van der Waals surface area contributed by atoms with E-state index in [0.717, 1.165) is 17.7 Å². The maximum Gasteiger partial charge on any atom is 0.249 e. The number of methoxy groups -OCH3 is 1. The maximum atomic E-state index is 13.7. The molecule has 0 unspecified atom stereocenters. The van der Waals surface area contributed by atoms with Crippen molar-refractivity contribution in [2.45, 2.75) is 64.8 Å². The van der Waals surface area contributed by atoms with Crippen molar-refractivity contribution in [3.8, 4) is 11.5 Å². The Bertz CT molecular complexity index is 1840. The van der Waals surface area contributed by atoms with Gasteiger partial charge in [-0.3, -0.25) is 24.7 Å². The lowest BCUT2D eigenvalue weighted by Gasteiger charge is -2.35. The Morgan fingerprint density at radius 3 is 2.53 bits per heavy atom. The van der Waals surface area contributed by atoms with Crippen molar-refractivity contribution in [2.75, 3.05) is 26.0 Å². The Morgan fingerprint density at radius 1 is 1.06 bits per heavy atom. The van der Waals surface area contributed by atoms with Crippen molar-refractivity contribution in [2.24, 2.45) is 5.41 Å². The molecule has 1 fully saturated rings. The number of carbonyl (C=O) groups excluding carboxylic acids is 3. The minimum atomic E-state index is -1.05. The summed E-state index contributed by atoms with van der Waals surface area (Å²) in [6, 6.07) is 12.6. The predicted octanol–water partition coefficient (Wildman–Crippen LogP) is 4.49. The molecule has 0 radical (unpaired) electrons. The molecule has 2 aromatic heterocycles. The van der Waals surface area contributed by atoms with Gasteiger partial charge in [0, 0.05) is 23.3 Å². The first-order valence-corrected chi connectivity index (χ1v) is 16.8. The minimum Gasteiger partial charge on any atom is -0.496 e. The average Bonchev–Trinajstić information content (AvgIpc) is 3.65. The summed E-state index contributed by atoms with van der Waals surface area (Å²) in [7, 11) is 3.22. The van der Waals surface area contributed by atoms with Gasteiger partial charge in [-0.1, -0.05) is 31.5 Å². The highest BCUT2D eigenvalue weighted by atomic mass is 35.5. The Kier molecular flexibility index (Phi) is 13.5. The topological polar surface area (TPSA) is 168 Å². The van der Waals surface area contributed by atoms with Crippen molar-refractivity contribution in [1.29, 1.82) is 0 Å². The largest absolute Gasteiger partial charge is 0.496 e. The number of nitrogens with one attached hydrogen (secondary N) is 5. The van der Waals surface area contributed by atoms with Crippen molar-refractivity contribution in [1.82, 2.24) is 36.2 Å². The summed E-state index contributed by atoms with van der Waals surface area (Å²) in [6.07, 6.45) is 4.93. The number of hydrogen-bond donors (Lipinski definition) is 5. The summed E-state index contributed by atoms with van der Waals surface area (Å²) in [5, 5.41) is 15.9. The highest BCUT2D eigenvalue weighted by Crippen LogP contribution is 2.36. The second kappa shape index (κ2) is 17.6. The first-order chi connectivity index (χ1) is 24.0. The predicted molar refractivity (Wildman–Crippen MR) is 199 cm³/mol. The van der Waals surface area contributed by atoms with Gasteiger partial charge >= 0.3 is 0 Å². The van der Waals surface area contributed by atoms with Gasteiger partial charge in [0.05, 0.1) is 35.4 Å². The molecule has 1 aliphatic heterocycles. The van der Waals surface area contributed by atoms with Crippen LogP contribution in [0.15, 0.2) is 61.1 Å². The molecule has 5 rings (SSSR count). The van der Waals surface area contributed by atoms with Gasteiger partial charge in [0.2, 0.25) is 17.7 Å². The molecule has 13 nitrogen and oxygen atoms in total. The lowest BCUT2D eigenvalue weighted by atomic mass is 9.77. The normalized spacial score (nSPS) is 15.3. The first kappa shape index (κ1) is 39.2. The number of likely N-dealkylation sites (N-methyl/N-ethyl adjacent to an activating group) is 1. The molecule has 0 saturated carbocycles. The van der Waals surface area contributed by atoms with Gasteiger partial charge in [0.25, 0.3) is 0 Å². The zero-order valence-electron chi connectivity index (χ0n) is 29.2. The Morgan fingerprint density at radius 2 is 1.86 bits per heavy atom. The highest BCUT2D eigenvalue weighted by molar-refractivity contribution is 6.32. The molecule has 1 aliphatic rings. The fourth-order valence-corrected chi connectivity index (χ4v) is 6.06. The summed E-state index contributed by atoms with van der Waals surface area (Å²) >= 11 is 6.58. The molecule has 2 aromatic carbocycles.